The van der Waals surface area contributed by atoms with Gasteiger partial charge in [0.1, 0.15) is 0 Å². The molecule has 0 N–H and O–H groups in total. The van der Waals surface area contributed by atoms with Gasteiger partial charge in [-0.2, -0.15) is 0 Å². The molecule has 0 fully saturated rings. The molecule has 2 rings (SSSR count). The van der Waals surface area contributed by atoms with Crippen LogP contribution in [0.1, 0.15) is 37.6 Å². The molecule has 0 saturated heterocycles. The van der Waals surface area contributed by atoms with Crippen molar-refractivity contribution in [1.29, 1.82) is 0 Å². The first-order valence-corrected chi connectivity index (χ1v) is 7.00. The van der Waals surface area contributed by atoms with Crippen LogP contribution in [-0.2, 0) is 11.2 Å². The molecule has 106 valence electrons. The fraction of sp³-hybridized carbons (Fsp3) is 0.375. The Morgan fingerprint density at radius 2 is 1.85 bits per heavy atom. The van der Waals surface area contributed by atoms with Gasteiger partial charge in [-0.15, -0.1) is 0 Å². The minimum absolute atomic E-state index is 0.0390. The molecular weight excluding hydrogens is 274 g/mol. The zero-order valence-electron chi connectivity index (χ0n) is 11.9. The molecule has 0 amide bonds. The maximum absolute atomic E-state index is 12.5. The molecule has 0 radical (unpaired) electrons. The quantitative estimate of drug-likeness (QED) is 0.801. The zero-order chi connectivity index (χ0) is 14.9. The van der Waals surface area contributed by atoms with Crippen molar-refractivity contribution >= 4 is 33.7 Å². The minimum Gasteiger partial charge on any atom is -0.287 e. The summed E-state index contributed by atoms with van der Waals surface area (Å²) in [5.41, 5.74) is 1.40. The third kappa shape index (κ3) is 2.93. The van der Waals surface area contributed by atoms with Gasteiger partial charge in [-0.25, -0.2) is 0 Å². The summed E-state index contributed by atoms with van der Waals surface area (Å²) in [6.45, 7) is 5.68. The minimum atomic E-state index is -0.457. The second kappa shape index (κ2) is 5.41. The van der Waals surface area contributed by atoms with Gasteiger partial charge in [0.25, 0.3) is 0 Å². The van der Waals surface area contributed by atoms with Gasteiger partial charge in [0.15, 0.2) is 0 Å². The first-order valence-electron chi connectivity index (χ1n) is 6.63. The lowest BCUT2D eigenvalue weighted by atomic mass is 9.95. The van der Waals surface area contributed by atoms with E-state index in [1.165, 1.54) is 0 Å². The van der Waals surface area contributed by atoms with Gasteiger partial charge in [0.2, 0.25) is 11.1 Å². The maximum atomic E-state index is 12.5. The van der Waals surface area contributed by atoms with Crippen molar-refractivity contribution in [3.63, 3.8) is 0 Å². The lowest BCUT2D eigenvalue weighted by Crippen LogP contribution is -2.26. The maximum Gasteiger partial charge on any atom is 0.236 e. The molecule has 0 atom stereocenters. The van der Waals surface area contributed by atoms with E-state index in [4.69, 9.17) is 11.6 Å². The average Bonchev–Trinajstić information content (AvgIpc) is 2.73. The van der Waals surface area contributed by atoms with Crippen LogP contribution < -0.4 is 0 Å². The van der Waals surface area contributed by atoms with Crippen molar-refractivity contribution in [3.8, 4) is 0 Å². The smallest absolute Gasteiger partial charge is 0.236 e. The third-order valence-electron chi connectivity index (χ3n) is 3.25. The highest BCUT2D eigenvalue weighted by Gasteiger charge is 2.25. The Morgan fingerprint density at radius 3 is 2.45 bits per heavy atom. The summed E-state index contributed by atoms with van der Waals surface area (Å²) in [5, 5.41) is 0.645. The summed E-state index contributed by atoms with van der Waals surface area (Å²) in [4.78, 5) is 23.4. The SMILES string of the molecule is CC(C)(C)C(=O)n1cc(CCC(=O)Cl)c2ccccc21. The van der Waals surface area contributed by atoms with E-state index in [0.29, 0.717) is 6.42 Å². The molecule has 0 aliphatic rings. The number of benzene rings is 1. The van der Waals surface area contributed by atoms with Crippen LogP contribution in [0.15, 0.2) is 30.5 Å². The van der Waals surface area contributed by atoms with E-state index in [0.717, 1.165) is 16.5 Å². The Morgan fingerprint density at radius 1 is 1.20 bits per heavy atom. The van der Waals surface area contributed by atoms with E-state index >= 15 is 0 Å². The van der Waals surface area contributed by atoms with Crippen LogP contribution in [-0.4, -0.2) is 15.7 Å². The van der Waals surface area contributed by atoms with Crippen LogP contribution in [0.5, 0.6) is 0 Å². The van der Waals surface area contributed by atoms with Crippen molar-refractivity contribution in [2.75, 3.05) is 0 Å². The molecule has 2 aromatic rings. The number of fused-ring (bicyclic) bond motifs is 1. The predicted octanol–water partition coefficient (Wildman–Crippen LogP) is 4.03. The van der Waals surface area contributed by atoms with Gasteiger partial charge in [-0.3, -0.25) is 14.2 Å². The number of rotatable bonds is 3. The fourth-order valence-electron chi connectivity index (χ4n) is 2.21. The van der Waals surface area contributed by atoms with E-state index in [2.05, 4.69) is 0 Å². The summed E-state index contributed by atoms with van der Waals surface area (Å²) >= 11 is 5.41. The van der Waals surface area contributed by atoms with E-state index in [1.54, 1.807) is 4.57 Å². The number of halogens is 1. The molecule has 0 unspecified atom stereocenters. The third-order valence-corrected chi connectivity index (χ3v) is 3.43. The van der Waals surface area contributed by atoms with Crippen LogP contribution in [0, 0.1) is 5.41 Å². The molecule has 3 nitrogen and oxygen atoms in total. The molecule has 0 saturated carbocycles. The highest BCUT2D eigenvalue weighted by Crippen LogP contribution is 2.26. The van der Waals surface area contributed by atoms with Crippen molar-refractivity contribution < 1.29 is 9.59 Å². The Balaban J connectivity index is 2.51. The highest BCUT2D eigenvalue weighted by atomic mass is 35.5. The van der Waals surface area contributed by atoms with E-state index < -0.39 is 5.41 Å². The van der Waals surface area contributed by atoms with Crippen LogP contribution in [0.2, 0.25) is 0 Å². The Labute approximate surface area is 123 Å². The summed E-state index contributed by atoms with van der Waals surface area (Å²) in [6.07, 6.45) is 2.66. The van der Waals surface area contributed by atoms with Gasteiger partial charge in [-0.05, 0) is 29.7 Å². The van der Waals surface area contributed by atoms with Crippen LogP contribution in [0.25, 0.3) is 10.9 Å². The number of carbonyl (C=O) groups excluding carboxylic acids is 2. The van der Waals surface area contributed by atoms with Gasteiger partial charge >= 0.3 is 0 Å². The van der Waals surface area contributed by atoms with E-state index in [-0.39, 0.29) is 17.6 Å². The molecule has 4 heteroatoms. The van der Waals surface area contributed by atoms with Crippen molar-refractivity contribution in [2.45, 2.75) is 33.6 Å². The number of hydrogen-bond donors (Lipinski definition) is 0. The topological polar surface area (TPSA) is 39.1 Å². The second-order valence-electron chi connectivity index (χ2n) is 5.95. The molecule has 1 aromatic carbocycles. The second-order valence-corrected chi connectivity index (χ2v) is 6.37. The molecular formula is C16H18ClNO2. The molecule has 1 aromatic heterocycles. The predicted molar refractivity (Wildman–Crippen MR) is 81.2 cm³/mol. The highest BCUT2D eigenvalue weighted by molar-refractivity contribution is 6.63. The molecule has 0 bridgehead atoms. The Kier molecular flexibility index (Phi) is 4.00. The van der Waals surface area contributed by atoms with E-state index in [1.807, 2.05) is 51.2 Å². The number of aromatic nitrogens is 1. The monoisotopic (exact) mass is 291 g/mol. The molecule has 0 aliphatic carbocycles. The van der Waals surface area contributed by atoms with Crippen molar-refractivity contribution in [3.05, 3.63) is 36.0 Å². The van der Waals surface area contributed by atoms with E-state index in [9.17, 15) is 9.59 Å². The first kappa shape index (κ1) is 14.8. The fourth-order valence-corrected chi connectivity index (χ4v) is 2.31. The number of hydrogen-bond acceptors (Lipinski definition) is 2. The average molecular weight is 292 g/mol. The standard InChI is InChI=1S/C16H18ClNO2/c1-16(2,3)15(20)18-10-11(8-9-14(17)19)12-6-4-5-7-13(12)18/h4-7,10H,8-9H2,1-3H3. The van der Waals surface area contributed by atoms with Gasteiger partial charge < -0.3 is 0 Å². The number of aryl methyl sites for hydroxylation is 1. The largest absolute Gasteiger partial charge is 0.287 e. The van der Waals surface area contributed by atoms with Crippen LogP contribution in [0.3, 0.4) is 0 Å². The zero-order valence-corrected chi connectivity index (χ0v) is 12.7. The summed E-state index contributed by atoms with van der Waals surface area (Å²) < 4.78 is 1.68. The van der Waals surface area contributed by atoms with Gasteiger partial charge in [0.05, 0.1) is 5.52 Å². The normalized spacial score (nSPS) is 11.8. The molecule has 1 heterocycles. The first-order chi connectivity index (χ1) is 9.30. The lowest BCUT2D eigenvalue weighted by Gasteiger charge is -2.17. The van der Waals surface area contributed by atoms with Crippen molar-refractivity contribution in [2.24, 2.45) is 5.41 Å². The molecule has 20 heavy (non-hydrogen) atoms. The van der Waals surface area contributed by atoms with Crippen LogP contribution in [0.4, 0.5) is 0 Å². The number of nitrogens with zero attached hydrogens (tertiary/aromatic N) is 1. The van der Waals surface area contributed by atoms with Crippen molar-refractivity contribution in [1.82, 2.24) is 4.57 Å². The Bertz CT molecular complexity index is 665. The molecule has 0 spiro atoms. The summed E-state index contributed by atoms with van der Waals surface area (Å²) in [7, 11) is 0. The number of para-hydroxylation sites is 1. The molecule has 0 aliphatic heterocycles. The summed E-state index contributed by atoms with van der Waals surface area (Å²) in [5.74, 6) is 0.0390. The lowest BCUT2D eigenvalue weighted by molar-refractivity contribution is -0.111. The Hall–Kier alpha value is -1.61. The van der Waals surface area contributed by atoms with Gasteiger partial charge in [-0.1, -0.05) is 39.0 Å². The number of carbonyl (C=O) groups is 2. The van der Waals surface area contributed by atoms with Crippen LogP contribution >= 0.6 is 11.6 Å². The van der Waals surface area contributed by atoms with Gasteiger partial charge in [0, 0.05) is 23.4 Å². The summed E-state index contributed by atoms with van der Waals surface area (Å²) in [6, 6.07) is 7.73.